The molecular formula is C12H15ClN2O3. The molecule has 0 unspecified atom stereocenters. The summed E-state index contributed by atoms with van der Waals surface area (Å²) < 4.78 is 5.76. The third-order valence-electron chi connectivity index (χ3n) is 2.98. The largest absolute Gasteiger partial charge is 0.368 e. The molecule has 98 valence electrons. The zero-order valence-corrected chi connectivity index (χ0v) is 10.5. The van der Waals surface area contributed by atoms with Crippen LogP contribution in [0.15, 0.2) is 24.3 Å². The minimum Gasteiger partial charge on any atom is -0.368 e. The first kappa shape index (κ1) is 13.1. The molecule has 2 atom stereocenters. The molecule has 6 heteroatoms. The Morgan fingerprint density at radius 2 is 2.11 bits per heavy atom. The fourth-order valence-electron chi connectivity index (χ4n) is 2.05. The molecule has 2 amide bonds. The summed E-state index contributed by atoms with van der Waals surface area (Å²) in [6.07, 6.45) is 1.41. The van der Waals surface area contributed by atoms with Gasteiger partial charge in [-0.3, -0.25) is 5.21 Å². The van der Waals surface area contributed by atoms with E-state index in [9.17, 15) is 10.0 Å². The van der Waals surface area contributed by atoms with Crippen LogP contribution in [0.3, 0.4) is 0 Å². The lowest BCUT2D eigenvalue weighted by Gasteiger charge is -2.18. The summed E-state index contributed by atoms with van der Waals surface area (Å²) in [6.45, 7) is 0.0966. The minimum absolute atomic E-state index is 0.0199. The lowest BCUT2D eigenvalue weighted by molar-refractivity contribution is -0.0788. The molecule has 5 nitrogen and oxygen atoms in total. The van der Waals surface area contributed by atoms with Gasteiger partial charge in [-0.2, -0.15) is 0 Å². The number of hydrogen-bond donors (Lipinski definition) is 2. The molecule has 1 aliphatic rings. The number of halogens is 1. The Kier molecular flexibility index (Phi) is 4.06. The number of rotatable bonds is 3. The fraction of sp³-hybridized carbons (Fsp3) is 0.417. The zero-order chi connectivity index (χ0) is 13.1. The lowest BCUT2D eigenvalue weighted by Crippen LogP contribution is -2.38. The van der Waals surface area contributed by atoms with Crippen LogP contribution in [-0.4, -0.2) is 29.0 Å². The van der Waals surface area contributed by atoms with E-state index in [-0.39, 0.29) is 18.8 Å². The highest BCUT2D eigenvalue weighted by Gasteiger charge is 2.28. The van der Waals surface area contributed by atoms with E-state index in [1.54, 1.807) is 0 Å². The number of hydrogen-bond acceptors (Lipinski definition) is 3. The maximum Gasteiger partial charge on any atom is 0.338 e. The quantitative estimate of drug-likeness (QED) is 0.654. The van der Waals surface area contributed by atoms with Crippen LogP contribution in [0.1, 0.15) is 24.5 Å². The van der Waals surface area contributed by atoms with Gasteiger partial charge in [-0.15, -0.1) is 0 Å². The van der Waals surface area contributed by atoms with Crippen molar-refractivity contribution in [1.29, 1.82) is 0 Å². The van der Waals surface area contributed by atoms with E-state index < -0.39 is 6.03 Å². The first-order valence-corrected chi connectivity index (χ1v) is 6.11. The molecule has 1 heterocycles. The first-order chi connectivity index (χ1) is 8.56. The molecule has 18 heavy (non-hydrogen) atoms. The Bertz CT molecular complexity index is 424. The van der Waals surface area contributed by atoms with Crippen LogP contribution in [0.5, 0.6) is 0 Å². The van der Waals surface area contributed by atoms with Crippen molar-refractivity contribution in [3.8, 4) is 0 Å². The molecule has 1 aliphatic heterocycles. The minimum atomic E-state index is -0.867. The van der Waals surface area contributed by atoms with Crippen molar-refractivity contribution in [3.63, 3.8) is 0 Å². The van der Waals surface area contributed by atoms with E-state index in [4.69, 9.17) is 22.1 Å². The molecule has 1 saturated heterocycles. The maximum absolute atomic E-state index is 10.7. The molecule has 1 aromatic rings. The van der Waals surface area contributed by atoms with Crippen LogP contribution in [0.2, 0.25) is 5.02 Å². The van der Waals surface area contributed by atoms with Crippen LogP contribution in [0, 0.1) is 0 Å². The second-order valence-corrected chi connectivity index (χ2v) is 4.73. The Hall–Kier alpha value is -1.30. The normalized spacial score (nSPS) is 23.0. The van der Waals surface area contributed by atoms with Gasteiger partial charge < -0.3 is 10.5 Å². The van der Waals surface area contributed by atoms with Crippen molar-refractivity contribution in [2.75, 3.05) is 6.54 Å². The summed E-state index contributed by atoms with van der Waals surface area (Å²) in [5.74, 6) is 0. The summed E-state index contributed by atoms with van der Waals surface area (Å²) in [5.41, 5.74) is 5.99. The number of ether oxygens (including phenoxy) is 1. The highest BCUT2D eigenvalue weighted by atomic mass is 35.5. The van der Waals surface area contributed by atoms with Gasteiger partial charge in [0.05, 0.1) is 18.8 Å². The van der Waals surface area contributed by atoms with Crippen LogP contribution in [-0.2, 0) is 4.74 Å². The van der Waals surface area contributed by atoms with Crippen molar-refractivity contribution in [3.05, 3.63) is 34.9 Å². The van der Waals surface area contributed by atoms with E-state index >= 15 is 0 Å². The molecular weight excluding hydrogens is 256 g/mol. The Morgan fingerprint density at radius 1 is 1.44 bits per heavy atom. The summed E-state index contributed by atoms with van der Waals surface area (Å²) in [5, 5.41) is 10.4. The number of nitrogens with zero attached hydrogens (tertiary/aromatic N) is 1. The van der Waals surface area contributed by atoms with Gasteiger partial charge in [0.2, 0.25) is 0 Å². The molecule has 0 spiro atoms. The van der Waals surface area contributed by atoms with E-state index in [1.807, 2.05) is 24.3 Å². The van der Waals surface area contributed by atoms with Gasteiger partial charge >= 0.3 is 6.03 Å². The van der Waals surface area contributed by atoms with Gasteiger partial charge in [0.15, 0.2) is 0 Å². The van der Waals surface area contributed by atoms with Crippen molar-refractivity contribution in [1.82, 2.24) is 5.06 Å². The molecule has 0 saturated carbocycles. The molecule has 3 N–H and O–H groups in total. The average molecular weight is 271 g/mol. The predicted octanol–water partition coefficient (Wildman–Crippen LogP) is 2.33. The van der Waals surface area contributed by atoms with Gasteiger partial charge in [0, 0.05) is 5.02 Å². The Morgan fingerprint density at radius 3 is 2.72 bits per heavy atom. The molecule has 0 radical (unpaired) electrons. The van der Waals surface area contributed by atoms with Gasteiger partial charge in [-0.1, -0.05) is 23.7 Å². The third-order valence-corrected chi connectivity index (χ3v) is 3.23. The molecule has 0 aliphatic carbocycles. The van der Waals surface area contributed by atoms with Crippen LogP contribution in [0.4, 0.5) is 4.79 Å². The van der Waals surface area contributed by atoms with Gasteiger partial charge in [-0.25, -0.2) is 9.86 Å². The molecule has 1 aromatic carbocycles. The van der Waals surface area contributed by atoms with Crippen molar-refractivity contribution in [2.45, 2.75) is 25.0 Å². The molecule has 0 bridgehead atoms. The van der Waals surface area contributed by atoms with E-state index in [0.29, 0.717) is 10.1 Å². The van der Waals surface area contributed by atoms with Gasteiger partial charge in [0.1, 0.15) is 0 Å². The number of hydroxylamine groups is 2. The molecule has 1 fully saturated rings. The van der Waals surface area contributed by atoms with Crippen molar-refractivity contribution >= 4 is 17.6 Å². The smallest absolute Gasteiger partial charge is 0.338 e. The SMILES string of the molecule is NC(=O)N(O)C[C@@H]1CC[C@@H](c2ccc(Cl)cc2)O1. The number of primary amides is 1. The van der Waals surface area contributed by atoms with E-state index in [2.05, 4.69) is 0 Å². The summed E-state index contributed by atoms with van der Waals surface area (Å²) >= 11 is 5.82. The van der Waals surface area contributed by atoms with E-state index in [0.717, 1.165) is 18.4 Å². The Labute approximate surface area is 110 Å². The lowest BCUT2D eigenvalue weighted by atomic mass is 10.1. The number of amides is 2. The highest BCUT2D eigenvalue weighted by molar-refractivity contribution is 6.30. The molecule has 0 aromatic heterocycles. The van der Waals surface area contributed by atoms with Crippen molar-refractivity contribution in [2.24, 2.45) is 5.73 Å². The van der Waals surface area contributed by atoms with Gasteiger partial charge in [-0.05, 0) is 30.5 Å². The number of carbonyl (C=O) groups excluding carboxylic acids is 1. The topological polar surface area (TPSA) is 75.8 Å². The monoisotopic (exact) mass is 270 g/mol. The predicted molar refractivity (Wildman–Crippen MR) is 66.4 cm³/mol. The number of benzene rings is 1. The fourth-order valence-corrected chi connectivity index (χ4v) is 2.17. The number of urea groups is 1. The standard InChI is InChI=1S/C12H15ClN2O3/c13-9-3-1-8(2-4-9)11-6-5-10(18-11)7-15(17)12(14)16/h1-4,10-11,17H,5-7H2,(H2,14,16)/t10-,11-/m0/s1. The highest BCUT2D eigenvalue weighted by Crippen LogP contribution is 2.33. The summed E-state index contributed by atoms with van der Waals surface area (Å²) in [6, 6.07) is 6.60. The van der Waals surface area contributed by atoms with Crippen LogP contribution >= 0.6 is 11.6 Å². The third kappa shape index (κ3) is 3.13. The average Bonchev–Trinajstić information content (AvgIpc) is 2.78. The number of nitrogens with two attached hydrogens (primary N) is 1. The number of carbonyl (C=O) groups is 1. The van der Waals surface area contributed by atoms with E-state index in [1.165, 1.54) is 0 Å². The van der Waals surface area contributed by atoms with Crippen LogP contribution < -0.4 is 5.73 Å². The Balaban J connectivity index is 1.92. The second kappa shape index (κ2) is 5.56. The first-order valence-electron chi connectivity index (χ1n) is 5.73. The summed E-state index contributed by atoms with van der Waals surface area (Å²) in [7, 11) is 0. The molecule has 2 rings (SSSR count). The zero-order valence-electron chi connectivity index (χ0n) is 9.75. The maximum atomic E-state index is 10.7. The van der Waals surface area contributed by atoms with Crippen LogP contribution in [0.25, 0.3) is 0 Å². The summed E-state index contributed by atoms with van der Waals surface area (Å²) in [4.78, 5) is 10.7. The van der Waals surface area contributed by atoms with Gasteiger partial charge in [0.25, 0.3) is 0 Å². The van der Waals surface area contributed by atoms with Crippen molar-refractivity contribution < 1.29 is 14.7 Å². The second-order valence-electron chi connectivity index (χ2n) is 4.30.